The van der Waals surface area contributed by atoms with Gasteiger partial charge in [0.05, 0.1) is 11.6 Å². The first kappa shape index (κ1) is 8.52. The summed E-state index contributed by atoms with van der Waals surface area (Å²) in [4.78, 5) is 4.21. The van der Waals surface area contributed by atoms with E-state index in [0.717, 1.165) is 11.4 Å². The molecule has 68 valence electrons. The van der Waals surface area contributed by atoms with Crippen molar-refractivity contribution in [2.75, 3.05) is 0 Å². The van der Waals surface area contributed by atoms with Crippen LogP contribution in [0.15, 0.2) is 36.7 Å². The van der Waals surface area contributed by atoms with Crippen LogP contribution in [-0.4, -0.2) is 9.55 Å². The highest BCUT2D eigenvalue weighted by atomic mass is 15.0. The molecule has 0 aliphatic carbocycles. The molecule has 3 heteroatoms. The number of nitriles is 1. The van der Waals surface area contributed by atoms with Crippen molar-refractivity contribution in [2.24, 2.45) is 7.05 Å². The van der Waals surface area contributed by atoms with Gasteiger partial charge in [-0.3, -0.25) is 0 Å². The van der Waals surface area contributed by atoms with Crippen molar-refractivity contribution in [3.63, 3.8) is 0 Å². The van der Waals surface area contributed by atoms with E-state index in [0.29, 0.717) is 5.56 Å². The summed E-state index contributed by atoms with van der Waals surface area (Å²) in [5.74, 6) is 0.877. The van der Waals surface area contributed by atoms with E-state index in [2.05, 4.69) is 11.1 Å². The van der Waals surface area contributed by atoms with Gasteiger partial charge >= 0.3 is 0 Å². The van der Waals surface area contributed by atoms with E-state index >= 15 is 0 Å². The molecule has 0 radical (unpaired) electrons. The molecule has 0 atom stereocenters. The summed E-state index contributed by atoms with van der Waals surface area (Å²) in [6.07, 6.45) is 3.63. The lowest BCUT2D eigenvalue weighted by molar-refractivity contribution is 0.925. The summed E-state index contributed by atoms with van der Waals surface area (Å²) in [5.41, 5.74) is 1.63. The van der Waals surface area contributed by atoms with Crippen LogP contribution in [0.4, 0.5) is 0 Å². The molecule has 0 saturated carbocycles. The van der Waals surface area contributed by atoms with Gasteiger partial charge in [-0.05, 0) is 12.1 Å². The Balaban J connectivity index is 2.53. The number of hydrogen-bond acceptors (Lipinski definition) is 2. The average molecular weight is 183 g/mol. The minimum Gasteiger partial charge on any atom is -0.334 e. The van der Waals surface area contributed by atoms with E-state index in [1.54, 1.807) is 12.3 Å². The molecule has 0 saturated heterocycles. The highest BCUT2D eigenvalue weighted by molar-refractivity contribution is 5.58. The molecule has 0 aliphatic rings. The Labute approximate surface area is 82.2 Å². The van der Waals surface area contributed by atoms with E-state index in [1.807, 2.05) is 36.0 Å². The van der Waals surface area contributed by atoms with Crippen molar-refractivity contribution in [3.05, 3.63) is 42.2 Å². The fourth-order valence-electron chi connectivity index (χ4n) is 1.37. The van der Waals surface area contributed by atoms with Gasteiger partial charge in [0.2, 0.25) is 0 Å². The van der Waals surface area contributed by atoms with Gasteiger partial charge in [-0.15, -0.1) is 0 Å². The molecule has 14 heavy (non-hydrogen) atoms. The summed E-state index contributed by atoms with van der Waals surface area (Å²) in [6, 6.07) is 9.54. The zero-order valence-corrected chi connectivity index (χ0v) is 7.81. The Morgan fingerprint density at radius 2 is 2.29 bits per heavy atom. The first-order valence-corrected chi connectivity index (χ1v) is 4.29. The molecular weight excluding hydrogens is 174 g/mol. The molecule has 2 aromatic rings. The average Bonchev–Trinajstić information content (AvgIpc) is 2.65. The molecule has 0 spiro atoms. The molecule has 0 amide bonds. The number of imidazole rings is 1. The maximum atomic E-state index is 8.75. The van der Waals surface area contributed by atoms with Crippen molar-refractivity contribution in [1.29, 1.82) is 5.26 Å². The molecule has 0 aliphatic heterocycles. The summed E-state index contributed by atoms with van der Waals surface area (Å²) >= 11 is 0. The molecule has 3 nitrogen and oxygen atoms in total. The second kappa shape index (κ2) is 3.35. The second-order valence-corrected chi connectivity index (χ2v) is 3.05. The lowest BCUT2D eigenvalue weighted by Gasteiger charge is -2.01. The fourth-order valence-corrected chi connectivity index (χ4v) is 1.37. The third-order valence-electron chi connectivity index (χ3n) is 2.07. The topological polar surface area (TPSA) is 41.6 Å². The highest BCUT2D eigenvalue weighted by Crippen LogP contribution is 2.17. The number of aryl methyl sites for hydroxylation is 1. The van der Waals surface area contributed by atoms with Crippen LogP contribution >= 0.6 is 0 Å². The van der Waals surface area contributed by atoms with Gasteiger partial charge in [0.1, 0.15) is 5.82 Å². The third-order valence-corrected chi connectivity index (χ3v) is 2.07. The van der Waals surface area contributed by atoms with Crippen molar-refractivity contribution in [3.8, 4) is 17.5 Å². The highest BCUT2D eigenvalue weighted by Gasteiger charge is 2.02. The Kier molecular flexibility index (Phi) is 2.04. The Morgan fingerprint density at radius 1 is 1.43 bits per heavy atom. The normalized spacial score (nSPS) is 9.71. The Hall–Kier alpha value is -2.08. The van der Waals surface area contributed by atoms with Crippen LogP contribution in [0.1, 0.15) is 5.56 Å². The predicted molar refractivity (Wildman–Crippen MR) is 53.4 cm³/mol. The van der Waals surface area contributed by atoms with Crippen molar-refractivity contribution < 1.29 is 0 Å². The molecule has 0 fully saturated rings. The molecule has 2 rings (SSSR count). The molecule has 1 heterocycles. The maximum absolute atomic E-state index is 8.75. The first-order chi connectivity index (χ1) is 6.81. The van der Waals surface area contributed by atoms with Gasteiger partial charge in [-0.25, -0.2) is 4.98 Å². The fraction of sp³-hybridized carbons (Fsp3) is 0.0909. The molecule has 0 N–H and O–H groups in total. The SMILES string of the molecule is Cn1ccnc1-c1cccc(C#N)c1. The number of benzene rings is 1. The minimum absolute atomic E-state index is 0.658. The van der Waals surface area contributed by atoms with Crippen molar-refractivity contribution >= 4 is 0 Å². The number of hydrogen-bond donors (Lipinski definition) is 0. The van der Waals surface area contributed by atoms with Crippen molar-refractivity contribution in [1.82, 2.24) is 9.55 Å². The van der Waals surface area contributed by atoms with E-state index < -0.39 is 0 Å². The Bertz CT molecular complexity index is 491. The third kappa shape index (κ3) is 1.38. The molecule has 0 bridgehead atoms. The smallest absolute Gasteiger partial charge is 0.139 e. The van der Waals surface area contributed by atoms with Gasteiger partial charge in [0.25, 0.3) is 0 Å². The molecule has 1 aromatic carbocycles. The van der Waals surface area contributed by atoms with Crippen LogP contribution < -0.4 is 0 Å². The standard InChI is InChI=1S/C11H9N3/c1-14-6-5-13-11(14)10-4-2-3-9(7-10)8-12/h2-7H,1H3. The predicted octanol–water partition coefficient (Wildman–Crippen LogP) is 1.96. The van der Waals surface area contributed by atoms with E-state index in [1.165, 1.54) is 0 Å². The van der Waals surface area contributed by atoms with E-state index in [4.69, 9.17) is 5.26 Å². The van der Waals surface area contributed by atoms with Crippen LogP contribution in [0.25, 0.3) is 11.4 Å². The van der Waals surface area contributed by atoms with Crippen LogP contribution in [0.5, 0.6) is 0 Å². The maximum Gasteiger partial charge on any atom is 0.139 e. The van der Waals surface area contributed by atoms with Gasteiger partial charge < -0.3 is 4.57 Å². The summed E-state index contributed by atoms with van der Waals surface area (Å²) < 4.78 is 1.93. The Morgan fingerprint density at radius 3 is 2.93 bits per heavy atom. The lowest BCUT2D eigenvalue weighted by atomic mass is 10.1. The van der Waals surface area contributed by atoms with Crippen LogP contribution in [0.2, 0.25) is 0 Å². The molecule has 1 aromatic heterocycles. The first-order valence-electron chi connectivity index (χ1n) is 4.29. The largest absolute Gasteiger partial charge is 0.334 e. The van der Waals surface area contributed by atoms with Crippen molar-refractivity contribution in [2.45, 2.75) is 0 Å². The zero-order chi connectivity index (χ0) is 9.97. The quantitative estimate of drug-likeness (QED) is 0.678. The van der Waals surface area contributed by atoms with Gasteiger partial charge in [0, 0.05) is 25.0 Å². The van der Waals surface area contributed by atoms with Gasteiger partial charge in [-0.2, -0.15) is 5.26 Å². The van der Waals surface area contributed by atoms with Crippen LogP contribution in [0, 0.1) is 11.3 Å². The lowest BCUT2D eigenvalue weighted by Crippen LogP contribution is -1.91. The van der Waals surface area contributed by atoms with E-state index in [-0.39, 0.29) is 0 Å². The van der Waals surface area contributed by atoms with Crippen LogP contribution in [0.3, 0.4) is 0 Å². The summed E-state index contributed by atoms with van der Waals surface area (Å²) in [7, 11) is 1.93. The second-order valence-electron chi connectivity index (χ2n) is 3.05. The van der Waals surface area contributed by atoms with E-state index in [9.17, 15) is 0 Å². The number of nitrogens with zero attached hydrogens (tertiary/aromatic N) is 3. The number of aromatic nitrogens is 2. The monoisotopic (exact) mass is 183 g/mol. The van der Waals surface area contributed by atoms with Gasteiger partial charge in [-0.1, -0.05) is 12.1 Å². The van der Waals surface area contributed by atoms with Gasteiger partial charge in [0.15, 0.2) is 0 Å². The minimum atomic E-state index is 0.658. The van der Waals surface area contributed by atoms with Crippen LogP contribution in [-0.2, 0) is 7.05 Å². The molecular formula is C11H9N3. The molecule has 0 unspecified atom stereocenters. The summed E-state index contributed by atoms with van der Waals surface area (Å²) in [6.45, 7) is 0. The number of rotatable bonds is 1. The summed E-state index contributed by atoms with van der Waals surface area (Å²) in [5, 5.41) is 8.75. The zero-order valence-electron chi connectivity index (χ0n) is 7.81.